The third-order valence-electron chi connectivity index (χ3n) is 3.89. The number of rotatable bonds is 4. The number of benzene rings is 2. The maximum atomic E-state index is 12.5. The van der Waals surface area contributed by atoms with Gasteiger partial charge in [-0.1, -0.05) is 37.3 Å². The molecule has 0 aromatic heterocycles. The van der Waals surface area contributed by atoms with E-state index in [0.29, 0.717) is 17.8 Å². The van der Waals surface area contributed by atoms with E-state index >= 15 is 0 Å². The quantitative estimate of drug-likeness (QED) is 0.938. The largest absolute Gasteiger partial charge is 0.321 e. The summed E-state index contributed by atoms with van der Waals surface area (Å²) in [5.41, 5.74) is 2.92. The van der Waals surface area contributed by atoms with E-state index in [0.717, 1.165) is 17.7 Å². The van der Waals surface area contributed by atoms with Gasteiger partial charge in [-0.25, -0.2) is 5.01 Å². The molecule has 2 amide bonds. The van der Waals surface area contributed by atoms with E-state index in [1.165, 1.54) is 5.01 Å². The molecule has 0 saturated carbocycles. The van der Waals surface area contributed by atoms with Gasteiger partial charge in [0, 0.05) is 18.5 Å². The molecule has 0 spiro atoms. The Morgan fingerprint density at radius 3 is 2.67 bits per heavy atom. The molecule has 1 heterocycles. The second kappa shape index (κ2) is 7.08. The van der Waals surface area contributed by atoms with Gasteiger partial charge in [-0.3, -0.25) is 9.59 Å². The van der Waals surface area contributed by atoms with E-state index in [-0.39, 0.29) is 18.2 Å². The molecule has 0 atom stereocenters. The van der Waals surface area contributed by atoms with Crippen molar-refractivity contribution in [2.45, 2.75) is 26.2 Å². The molecule has 5 nitrogen and oxygen atoms in total. The third kappa shape index (κ3) is 3.51. The molecule has 122 valence electrons. The number of carbonyl (C=O) groups is 2. The zero-order valence-electron chi connectivity index (χ0n) is 13.5. The minimum atomic E-state index is -0.267. The average Bonchev–Trinajstić information content (AvgIpc) is 2.63. The molecular formula is C19H19N3O2. The number of amides is 2. The van der Waals surface area contributed by atoms with Gasteiger partial charge in [0.15, 0.2) is 0 Å². The summed E-state index contributed by atoms with van der Waals surface area (Å²) >= 11 is 0. The Balaban J connectivity index is 1.80. The van der Waals surface area contributed by atoms with E-state index in [2.05, 4.69) is 17.3 Å². The van der Waals surface area contributed by atoms with Crippen LogP contribution in [0, 0.1) is 0 Å². The van der Waals surface area contributed by atoms with Crippen molar-refractivity contribution in [1.82, 2.24) is 0 Å². The Hall–Kier alpha value is -2.95. The first-order valence-corrected chi connectivity index (χ1v) is 8.03. The van der Waals surface area contributed by atoms with Gasteiger partial charge in [0.25, 0.3) is 5.91 Å². The number of carbonyl (C=O) groups excluding carboxylic acids is 2. The Labute approximate surface area is 141 Å². The highest BCUT2D eigenvalue weighted by molar-refractivity contribution is 6.44. The summed E-state index contributed by atoms with van der Waals surface area (Å²) in [6.45, 7) is 2.06. The van der Waals surface area contributed by atoms with Gasteiger partial charge < -0.3 is 5.32 Å². The number of aryl methyl sites for hydroxylation is 1. The first kappa shape index (κ1) is 15.9. The molecule has 0 saturated heterocycles. The summed E-state index contributed by atoms with van der Waals surface area (Å²) < 4.78 is 0. The predicted molar refractivity (Wildman–Crippen MR) is 95.0 cm³/mol. The van der Waals surface area contributed by atoms with Crippen LogP contribution in [0.3, 0.4) is 0 Å². The van der Waals surface area contributed by atoms with Crippen molar-refractivity contribution < 1.29 is 9.59 Å². The zero-order chi connectivity index (χ0) is 16.9. The molecule has 24 heavy (non-hydrogen) atoms. The van der Waals surface area contributed by atoms with Gasteiger partial charge in [0.1, 0.15) is 5.71 Å². The predicted octanol–water partition coefficient (Wildman–Crippen LogP) is 3.37. The smallest absolute Gasteiger partial charge is 0.271 e. The van der Waals surface area contributed by atoms with Crippen molar-refractivity contribution in [3.63, 3.8) is 0 Å². The van der Waals surface area contributed by atoms with Gasteiger partial charge in [-0.2, -0.15) is 5.10 Å². The Bertz CT molecular complexity index is 784. The number of anilines is 2. The van der Waals surface area contributed by atoms with Crippen LogP contribution >= 0.6 is 0 Å². The molecule has 2 aromatic carbocycles. The van der Waals surface area contributed by atoms with Crippen LogP contribution in [0.15, 0.2) is 59.7 Å². The van der Waals surface area contributed by atoms with Crippen molar-refractivity contribution >= 4 is 28.9 Å². The molecule has 5 heteroatoms. The van der Waals surface area contributed by atoms with E-state index in [4.69, 9.17) is 0 Å². The molecule has 1 N–H and O–H groups in total. The highest BCUT2D eigenvalue weighted by Gasteiger charge is 2.25. The van der Waals surface area contributed by atoms with Crippen LogP contribution in [0.25, 0.3) is 0 Å². The van der Waals surface area contributed by atoms with E-state index in [1.807, 2.05) is 42.5 Å². The van der Waals surface area contributed by atoms with Crippen LogP contribution in [-0.2, 0) is 16.0 Å². The number of nitrogens with zero attached hydrogens (tertiary/aromatic N) is 2. The zero-order valence-corrected chi connectivity index (χ0v) is 13.5. The molecule has 0 radical (unpaired) electrons. The fraction of sp³-hybridized carbons (Fsp3) is 0.211. The van der Waals surface area contributed by atoms with Crippen molar-refractivity contribution in [2.75, 3.05) is 10.3 Å². The van der Waals surface area contributed by atoms with Gasteiger partial charge in [0.05, 0.1) is 5.69 Å². The lowest BCUT2D eigenvalue weighted by atomic mass is 10.1. The first-order valence-electron chi connectivity index (χ1n) is 8.03. The highest BCUT2D eigenvalue weighted by Crippen LogP contribution is 2.20. The lowest BCUT2D eigenvalue weighted by Crippen LogP contribution is -2.36. The molecule has 0 unspecified atom stereocenters. The van der Waals surface area contributed by atoms with Crippen LogP contribution in [0.2, 0.25) is 0 Å². The van der Waals surface area contributed by atoms with Crippen LogP contribution < -0.4 is 10.3 Å². The third-order valence-corrected chi connectivity index (χ3v) is 3.89. The van der Waals surface area contributed by atoms with Gasteiger partial charge >= 0.3 is 0 Å². The summed E-state index contributed by atoms with van der Waals surface area (Å²) in [6.07, 6.45) is 1.53. The average molecular weight is 321 g/mol. The van der Waals surface area contributed by atoms with Crippen LogP contribution in [0.4, 0.5) is 11.4 Å². The Kier molecular flexibility index (Phi) is 4.70. The summed E-state index contributed by atoms with van der Waals surface area (Å²) in [7, 11) is 0. The van der Waals surface area contributed by atoms with Gasteiger partial charge in [0.2, 0.25) is 5.91 Å². The summed E-state index contributed by atoms with van der Waals surface area (Å²) in [5.74, 6) is -0.373. The van der Waals surface area contributed by atoms with E-state index in [9.17, 15) is 9.59 Å². The lowest BCUT2D eigenvalue weighted by Gasteiger charge is -2.23. The Morgan fingerprint density at radius 1 is 1.12 bits per heavy atom. The van der Waals surface area contributed by atoms with Crippen LogP contribution in [0.5, 0.6) is 0 Å². The van der Waals surface area contributed by atoms with Crippen LogP contribution in [0.1, 0.15) is 25.3 Å². The van der Waals surface area contributed by atoms with Crippen molar-refractivity contribution in [1.29, 1.82) is 0 Å². The van der Waals surface area contributed by atoms with Gasteiger partial charge in [-0.05, 0) is 36.2 Å². The summed E-state index contributed by atoms with van der Waals surface area (Å²) in [4.78, 5) is 24.6. The topological polar surface area (TPSA) is 61.8 Å². The number of para-hydroxylation sites is 1. The minimum absolute atomic E-state index is 0.106. The number of nitrogens with one attached hydrogen (secondary N) is 1. The van der Waals surface area contributed by atoms with Crippen LogP contribution in [-0.4, -0.2) is 17.5 Å². The molecule has 1 aliphatic rings. The molecule has 0 fully saturated rings. The molecule has 2 aromatic rings. The fourth-order valence-electron chi connectivity index (χ4n) is 2.56. The monoisotopic (exact) mass is 321 g/mol. The highest BCUT2D eigenvalue weighted by atomic mass is 16.2. The molecule has 1 aliphatic heterocycles. The maximum Gasteiger partial charge on any atom is 0.271 e. The standard InChI is InChI=1S/C19H19N3O2/c1-2-14-7-6-8-15(13-14)20-19(24)17-11-12-18(23)22(21-17)16-9-4-3-5-10-16/h3-10,13H,2,11-12H2,1H3,(H,20,24). The van der Waals surface area contributed by atoms with E-state index in [1.54, 1.807) is 12.1 Å². The maximum absolute atomic E-state index is 12.5. The summed E-state index contributed by atoms with van der Waals surface area (Å²) in [6, 6.07) is 16.9. The molecule has 0 bridgehead atoms. The van der Waals surface area contributed by atoms with Crippen molar-refractivity contribution in [3.8, 4) is 0 Å². The van der Waals surface area contributed by atoms with E-state index < -0.39 is 0 Å². The molecular weight excluding hydrogens is 302 g/mol. The fourth-order valence-corrected chi connectivity index (χ4v) is 2.56. The minimum Gasteiger partial charge on any atom is -0.321 e. The number of hydrazone groups is 1. The van der Waals surface area contributed by atoms with Gasteiger partial charge in [-0.15, -0.1) is 0 Å². The SMILES string of the molecule is CCc1cccc(NC(=O)C2=NN(c3ccccc3)C(=O)CC2)c1. The second-order valence-electron chi connectivity index (χ2n) is 5.60. The second-order valence-corrected chi connectivity index (χ2v) is 5.60. The number of hydrogen-bond donors (Lipinski definition) is 1. The molecule has 3 rings (SSSR count). The Morgan fingerprint density at radius 2 is 1.92 bits per heavy atom. The molecule has 0 aliphatic carbocycles. The van der Waals surface area contributed by atoms with Crippen molar-refractivity contribution in [3.05, 3.63) is 60.2 Å². The van der Waals surface area contributed by atoms with Crippen molar-refractivity contribution in [2.24, 2.45) is 5.10 Å². The number of hydrogen-bond acceptors (Lipinski definition) is 3. The first-order chi connectivity index (χ1) is 11.7. The lowest BCUT2D eigenvalue weighted by molar-refractivity contribution is -0.118. The summed E-state index contributed by atoms with van der Waals surface area (Å²) in [5, 5.41) is 8.43. The normalized spacial score (nSPS) is 14.3.